The van der Waals surface area contributed by atoms with Gasteiger partial charge in [0.05, 0.1) is 11.2 Å². The maximum Gasteiger partial charge on any atom is 0.491 e. The lowest BCUT2D eigenvalue weighted by atomic mass is 9.79. The van der Waals surface area contributed by atoms with Crippen LogP contribution in [0.2, 0.25) is 0 Å². The Labute approximate surface area is 120 Å². The van der Waals surface area contributed by atoms with Crippen LogP contribution >= 0.6 is 12.6 Å². The monoisotopic (exact) mass is 280 g/mol. The first-order chi connectivity index (χ1) is 8.77. The van der Waals surface area contributed by atoms with Gasteiger partial charge in [0.25, 0.3) is 0 Å². The minimum Gasteiger partial charge on any atom is -0.400 e. The molecule has 1 aliphatic heterocycles. The molecule has 1 aromatic rings. The van der Waals surface area contributed by atoms with Gasteiger partial charge in [-0.1, -0.05) is 0 Å². The zero-order valence-electron chi connectivity index (χ0n) is 12.2. The van der Waals surface area contributed by atoms with Gasteiger partial charge in [0, 0.05) is 25.2 Å². The normalized spacial score (nSPS) is 22.0. The predicted octanol–water partition coefficient (Wildman–Crippen LogP) is 2.36. The molecule has 1 aromatic heterocycles. The van der Waals surface area contributed by atoms with Gasteiger partial charge in [0.1, 0.15) is 5.82 Å². The standard InChI is InChI=1S/C13H21BN2O2S/c1-12(2)13(3,4)18-14(17-12)10(9-19)8-11-15-6-7-16(11)5/h6-8,19H,9H2,1-5H3. The number of rotatable bonds is 3. The van der Waals surface area contributed by atoms with Gasteiger partial charge in [-0.3, -0.25) is 0 Å². The molecular formula is C13H21BN2O2S. The highest BCUT2D eigenvalue weighted by molar-refractivity contribution is 7.80. The molecule has 0 spiro atoms. The van der Waals surface area contributed by atoms with Crippen LogP contribution in [0.5, 0.6) is 0 Å². The first-order valence-corrected chi connectivity index (χ1v) is 7.04. The molecule has 2 rings (SSSR count). The third kappa shape index (κ3) is 2.76. The summed E-state index contributed by atoms with van der Waals surface area (Å²) in [5.74, 6) is 1.45. The second kappa shape index (κ2) is 5.00. The smallest absolute Gasteiger partial charge is 0.400 e. The molecule has 0 aromatic carbocycles. The van der Waals surface area contributed by atoms with Crippen molar-refractivity contribution in [1.82, 2.24) is 9.55 Å². The van der Waals surface area contributed by atoms with Crippen molar-refractivity contribution in [2.45, 2.75) is 38.9 Å². The van der Waals surface area contributed by atoms with Crippen LogP contribution in [0.3, 0.4) is 0 Å². The molecule has 0 amide bonds. The van der Waals surface area contributed by atoms with Gasteiger partial charge in [-0.05, 0) is 39.2 Å². The molecule has 1 saturated heterocycles. The van der Waals surface area contributed by atoms with Gasteiger partial charge in [-0.15, -0.1) is 0 Å². The van der Waals surface area contributed by atoms with E-state index in [-0.39, 0.29) is 18.3 Å². The molecule has 0 aliphatic carbocycles. The summed E-state index contributed by atoms with van der Waals surface area (Å²) >= 11 is 4.38. The number of aryl methyl sites for hydroxylation is 1. The van der Waals surface area contributed by atoms with Crippen LogP contribution in [0.1, 0.15) is 33.5 Å². The fraction of sp³-hybridized carbons (Fsp3) is 0.615. The Bertz CT molecular complexity index is 481. The summed E-state index contributed by atoms with van der Waals surface area (Å²) in [5, 5.41) is 0. The summed E-state index contributed by atoms with van der Waals surface area (Å²) in [5.41, 5.74) is 0.319. The molecule has 0 bridgehead atoms. The van der Waals surface area contributed by atoms with Gasteiger partial charge < -0.3 is 13.9 Å². The second-order valence-corrected chi connectivity index (χ2v) is 6.18. The van der Waals surface area contributed by atoms with Crippen LogP contribution in [0.4, 0.5) is 0 Å². The average molecular weight is 280 g/mol. The molecule has 0 N–H and O–H groups in total. The third-order valence-electron chi connectivity index (χ3n) is 3.91. The zero-order chi connectivity index (χ0) is 14.3. The zero-order valence-corrected chi connectivity index (χ0v) is 13.1. The van der Waals surface area contributed by atoms with Crippen molar-refractivity contribution >= 4 is 25.8 Å². The Kier molecular flexibility index (Phi) is 3.86. The molecule has 0 saturated carbocycles. The van der Waals surface area contributed by atoms with E-state index in [0.717, 1.165) is 11.3 Å². The molecule has 2 heterocycles. The van der Waals surface area contributed by atoms with Crippen LogP contribution in [-0.2, 0) is 16.4 Å². The molecule has 104 valence electrons. The summed E-state index contributed by atoms with van der Waals surface area (Å²) in [7, 11) is 1.60. The van der Waals surface area contributed by atoms with Crippen LogP contribution in [0.25, 0.3) is 6.08 Å². The lowest BCUT2D eigenvalue weighted by Gasteiger charge is -2.32. The SMILES string of the molecule is Cn1ccnc1C=C(CS)B1OC(C)(C)C(C)(C)O1. The Morgan fingerprint density at radius 3 is 2.37 bits per heavy atom. The fourth-order valence-corrected chi connectivity index (χ4v) is 2.11. The van der Waals surface area contributed by atoms with E-state index in [4.69, 9.17) is 9.31 Å². The minimum absolute atomic E-state index is 0.332. The van der Waals surface area contributed by atoms with E-state index in [1.165, 1.54) is 0 Å². The summed E-state index contributed by atoms with van der Waals surface area (Å²) in [6.07, 6.45) is 5.66. The van der Waals surface area contributed by atoms with Crippen molar-refractivity contribution in [2.24, 2.45) is 7.05 Å². The largest absolute Gasteiger partial charge is 0.491 e. The molecule has 19 heavy (non-hydrogen) atoms. The number of hydrogen-bond acceptors (Lipinski definition) is 4. The van der Waals surface area contributed by atoms with Gasteiger partial charge >= 0.3 is 7.12 Å². The van der Waals surface area contributed by atoms with Crippen molar-refractivity contribution in [2.75, 3.05) is 5.75 Å². The number of hydrogen-bond donors (Lipinski definition) is 1. The second-order valence-electron chi connectivity index (χ2n) is 5.86. The predicted molar refractivity (Wildman–Crippen MR) is 81.1 cm³/mol. The number of nitrogens with zero attached hydrogens (tertiary/aromatic N) is 2. The summed E-state index contributed by atoms with van der Waals surface area (Å²) in [6, 6.07) is 0. The average Bonchev–Trinajstić information content (AvgIpc) is 2.78. The summed E-state index contributed by atoms with van der Waals surface area (Å²) < 4.78 is 14.0. The van der Waals surface area contributed by atoms with Crippen LogP contribution in [-0.4, -0.2) is 33.6 Å². The van der Waals surface area contributed by atoms with Crippen LogP contribution in [0, 0.1) is 0 Å². The van der Waals surface area contributed by atoms with Crippen molar-refractivity contribution in [3.8, 4) is 0 Å². The molecule has 0 atom stereocenters. The lowest BCUT2D eigenvalue weighted by molar-refractivity contribution is 0.00578. The Morgan fingerprint density at radius 2 is 1.95 bits per heavy atom. The highest BCUT2D eigenvalue weighted by Gasteiger charge is 2.52. The van der Waals surface area contributed by atoms with Gasteiger partial charge in [0.2, 0.25) is 0 Å². The Hall–Kier alpha value is -0.715. The van der Waals surface area contributed by atoms with E-state index < -0.39 is 0 Å². The van der Waals surface area contributed by atoms with Crippen molar-refractivity contribution in [3.63, 3.8) is 0 Å². The topological polar surface area (TPSA) is 36.3 Å². The molecular weight excluding hydrogens is 259 g/mol. The molecule has 1 fully saturated rings. The van der Waals surface area contributed by atoms with E-state index in [1.54, 1.807) is 6.20 Å². The first-order valence-electron chi connectivity index (χ1n) is 6.41. The molecule has 6 heteroatoms. The number of thiol groups is 1. The molecule has 4 nitrogen and oxygen atoms in total. The van der Waals surface area contributed by atoms with Gasteiger partial charge in [0.15, 0.2) is 0 Å². The van der Waals surface area contributed by atoms with Crippen molar-refractivity contribution in [3.05, 3.63) is 23.7 Å². The van der Waals surface area contributed by atoms with Crippen molar-refractivity contribution < 1.29 is 9.31 Å². The lowest BCUT2D eigenvalue weighted by Crippen LogP contribution is -2.41. The van der Waals surface area contributed by atoms with E-state index in [2.05, 4.69) is 17.6 Å². The van der Waals surface area contributed by atoms with Crippen LogP contribution < -0.4 is 0 Å². The van der Waals surface area contributed by atoms with E-state index in [1.807, 2.05) is 51.6 Å². The fourth-order valence-electron chi connectivity index (χ4n) is 1.86. The molecule has 1 aliphatic rings. The maximum atomic E-state index is 6.03. The molecule has 0 radical (unpaired) electrons. The van der Waals surface area contributed by atoms with Gasteiger partial charge in [-0.25, -0.2) is 4.98 Å². The third-order valence-corrected chi connectivity index (χ3v) is 4.28. The number of imidazole rings is 1. The highest BCUT2D eigenvalue weighted by Crippen LogP contribution is 2.38. The van der Waals surface area contributed by atoms with Crippen LogP contribution in [0.15, 0.2) is 17.9 Å². The highest BCUT2D eigenvalue weighted by atomic mass is 32.1. The first kappa shape index (κ1) is 14.7. The Morgan fingerprint density at radius 1 is 1.37 bits per heavy atom. The quantitative estimate of drug-likeness (QED) is 0.682. The molecule has 0 unspecified atom stereocenters. The van der Waals surface area contributed by atoms with Gasteiger partial charge in [-0.2, -0.15) is 12.6 Å². The maximum absolute atomic E-state index is 6.03. The summed E-state index contributed by atoms with van der Waals surface area (Å²) in [4.78, 5) is 4.29. The van der Waals surface area contributed by atoms with E-state index in [9.17, 15) is 0 Å². The number of aromatic nitrogens is 2. The van der Waals surface area contributed by atoms with E-state index in [0.29, 0.717) is 5.75 Å². The minimum atomic E-state index is -0.362. The van der Waals surface area contributed by atoms with Crippen molar-refractivity contribution in [1.29, 1.82) is 0 Å². The Balaban J connectivity index is 2.26. The van der Waals surface area contributed by atoms with E-state index >= 15 is 0 Å². The summed E-state index contributed by atoms with van der Waals surface area (Å²) in [6.45, 7) is 8.18.